The molecule has 0 unspecified atom stereocenters. The summed E-state index contributed by atoms with van der Waals surface area (Å²) in [6.45, 7) is 3.78. The fraction of sp³-hybridized carbons (Fsp3) is 0.154. The van der Waals surface area contributed by atoms with Gasteiger partial charge >= 0.3 is 0 Å². The zero-order valence-corrected chi connectivity index (χ0v) is 9.73. The van der Waals surface area contributed by atoms with Gasteiger partial charge < -0.3 is 5.32 Å². The van der Waals surface area contributed by atoms with Gasteiger partial charge in [-0.2, -0.15) is 5.26 Å². The van der Waals surface area contributed by atoms with Gasteiger partial charge in [0.1, 0.15) is 23.4 Å². The lowest BCUT2D eigenvalue weighted by atomic mass is 10.2. The average molecular weight is 224 g/mol. The number of para-hydroxylation sites is 1. The predicted octanol–water partition coefficient (Wildman–Crippen LogP) is 2.71. The fourth-order valence-corrected chi connectivity index (χ4v) is 1.54. The quantitative estimate of drug-likeness (QED) is 0.851. The van der Waals surface area contributed by atoms with Gasteiger partial charge in [-0.15, -0.1) is 0 Å². The molecule has 0 saturated carbocycles. The molecule has 1 aromatic carbocycles. The molecule has 84 valence electrons. The van der Waals surface area contributed by atoms with Crippen molar-refractivity contribution >= 4 is 11.5 Å². The number of benzene rings is 1. The van der Waals surface area contributed by atoms with Gasteiger partial charge in [0.25, 0.3) is 0 Å². The van der Waals surface area contributed by atoms with E-state index in [1.54, 1.807) is 13.0 Å². The van der Waals surface area contributed by atoms with Gasteiger partial charge in [0, 0.05) is 11.8 Å². The van der Waals surface area contributed by atoms with Gasteiger partial charge in [0.2, 0.25) is 0 Å². The van der Waals surface area contributed by atoms with Gasteiger partial charge in [-0.3, -0.25) is 0 Å². The Balaban J connectivity index is 2.34. The number of nitrogens with one attached hydrogen (secondary N) is 1. The van der Waals surface area contributed by atoms with E-state index in [0.29, 0.717) is 17.3 Å². The molecule has 1 aromatic heterocycles. The molecular formula is C13H12N4. The Morgan fingerprint density at radius 3 is 2.65 bits per heavy atom. The highest BCUT2D eigenvalue weighted by Crippen LogP contribution is 2.18. The van der Waals surface area contributed by atoms with Gasteiger partial charge in [0.15, 0.2) is 0 Å². The van der Waals surface area contributed by atoms with E-state index in [1.165, 1.54) is 0 Å². The molecule has 0 aliphatic carbocycles. The van der Waals surface area contributed by atoms with E-state index < -0.39 is 0 Å². The molecule has 2 aromatic rings. The van der Waals surface area contributed by atoms with Crippen LogP contribution in [0.4, 0.5) is 11.5 Å². The third kappa shape index (κ3) is 2.58. The summed E-state index contributed by atoms with van der Waals surface area (Å²) in [5.41, 5.74) is 2.48. The van der Waals surface area contributed by atoms with Gasteiger partial charge in [-0.05, 0) is 25.5 Å². The van der Waals surface area contributed by atoms with Crippen molar-refractivity contribution in [2.45, 2.75) is 13.8 Å². The van der Waals surface area contributed by atoms with Crippen molar-refractivity contribution in [3.8, 4) is 6.07 Å². The number of aromatic nitrogens is 2. The molecule has 2 rings (SSSR count). The second-order valence-electron chi connectivity index (χ2n) is 3.74. The van der Waals surface area contributed by atoms with E-state index in [0.717, 1.165) is 11.3 Å². The topological polar surface area (TPSA) is 61.6 Å². The number of hydrogen-bond donors (Lipinski definition) is 1. The molecule has 0 spiro atoms. The minimum absolute atomic E-state index is 0.369. The van der Waals surface area contributed by atoms with Crippen LogP contribution in [0.5, 0.6) is 0 Å². The summed E-state index contributed by atoms with van der Waals surface area (Å²) in [4.78, 5) is 8.25. The standard InChI is InChI=1S/C13H12N4/c1-9-5-3-4-6-12(9)17-13-7-11(8-14)15-10(2)16-13/h3-7H,1-2H3,(H,15,16,17). The SMILES string of the molecule is Cc1nc(C#N)cc(Nc2ccccc2C)n1. The van der Waals surface area contributed by atoms with Gasteiger partial charge in [-0.25, -0.2) is 9.97 Å². The average Bonchev–Trinajstić information content (AvgIpc) is 2.31. The number of hydrogen-bond acceptors (Lipinski definition) is 4. The third-order valence-electron chi connectivity index (χ3n) is 2.36. The zero-order valence-electron chi connectivity index (χ0n) is 9.73. The van der Waals surface area contributed by atoms with Crippen molar-refractivity contribution in [3.05, 3.63) is 47.4 Å². The molecule has 0 bridgehead atoms. The molecule has 0 atom stereocenters. The molecule has 0 amide bonds. The van der Waals surface area contributed by atoms with Crippen LogP contribution in [0.3, 0.4) is 0 Å². The number of anilines is 2. The first-order valence-electron chi connectivity index (χ1n) is 5.27. The van der Waals surface area contributed by atoms with Crippen LogP contribution in [0.2, 0.25) is 0 Å². The van der Waals surface area contributed by atoms with Crippen LogP contribution >= 0.6 is 0 Å². The Bertz CT molecular complexity index is 584. The smallest absolute Gasteiger partial charge is 0.146 e. The number of nitrogens with zero attached hydrogens (tertiary/aromatic N) is 3. The van der Waals surface area contributed by atoms with Crippen LogP contribution in [0.1, 0.15) is 17.1 Å². The lowest BCUT2D eigenvalue weighted by Gasteiger charge is -2.08. The fourth-order valence-electron chi connectivity index (χ4n) is 1.54. The van der Waals surface area contributed by atoms with Crippen LogP contribution in [0, 0.1) is 25.2 Å². The number of nitriles is 1. The molecular weight excluding hydrogens is 212 g/mol. The van der Waals surface area contributed by atoms with Crippen molar-refractivity contribution in [1.82, 2.24) is 9.97 Å². The minimum Gasteiger partial charge on any atom is -0.340 e. The third-order valence-corrected chi connectivity index (χ3v) is 2.36. The Hall–Kier alpha value is -2.41. The molecule has 1 N–H and O–H groups in total. The lowest BCUT2D eigenvalue weighted by molar-refractivity contribution is 1.04. The molecule has 0 radical (unpaired) electrons. The first-order valence-corrected chi connectivity index (χ1v) is 5.27. The molecule has 4 heteroatoms. The van der Waals surface area contributed by atoms with E-state index >= 15 is 0 Å². The molecule has 0 aliphatic rings. The maximum atomic E-state index is 8.84. The van der Waals surface area contributed by atoms with Crippen molar-refractivity contribution in [1.29, 1.82) is 5.26 Å². The molecule has 0 aliphatic heterocycles. The summed E-state index contributed by atoms with van der Waals surface area (Å²) < 4.78 is 0. The van der Waals surface area contributed by atoms with Gasteiger partial charge in [0.05, 0.1) is 0 Å². The van der Waals surface area contributed by atoms with Gasteiger partial charge in [-0.1, -0.05) is 18.2 Å². The largest absolute Gasteiger partial charge is 0.340 e. The van der Waals surface area contributed by atoms with E-state index in [1.807, 2.05) is 37.3 Å². The monoisotopic (exact) mass is 224 g/mol. The Kier molecular flexibility index (Phi) is 3.01. The van der Waals surface area contributed by atoms with Crippen LogP contribution in [0.15, 0.2) is 30.3 Å². The summed E-state index contributed by atoms with van der Waals surface area (Å²) in [5, 5.41) is 12.0. The van der Waals surface area contributed by atoms with Crippen LogP contribution in [-0.4, -0.2) is 9.97 Å². The van der Waals surface area contributed by atoms with E-state index in [9.17, 15) is 0 Å². The summed E-state index contributed by atoms with van der Waals surface area (Å²) in [6.07, 6.45) is 0. The van der Waals surface area contributed by atoms with Crippen LogP contribution in [0.25, 0.3) is 0 Å². The number of aryl methyl sites for hydroxylation is 2. The van der Waals surface area contributed by atoms with E-state index in [4.69, 9.17) is 5.26 Å². The highest BCUT2D eigenvalue weighted by molar-refractivity contribution is 5.60. The molecule has 0 fully saturated rings. The molecule has 17 heavy (non-hydrogen) atoms. The molecule has 1 heterocycles. The van der Waals surface area contributed by atoms with Crippen molar-refractivity contribution in [3.63, 3.8) is 0 Å². The second-order valence-corrected chi connectivity index (χ2v) is 3.74. The number of rotatable bonds is 2. The second kappa shape index (κ2) is 4.62. The van der Waals surface area contributed by atoms with Crippen LogP contribution < -0.4 is 5.32 Å². The zero-order chi connectivity index (χ0) is 12.3. The lowest BCUT2D eigenvalue weighted by Crippen LogP contribution is -2.00. The van der Waals surface area contributed by atoms with Crippen molar-refractivity contribution in [2.24, 2.45) is 0 Å². The first kappa shape index (κ1) is 11.1. The Morgan fingerprint density at radius 2 is 1.94 bits per heavy atom. The Morgan fingerprint density at radius 1 is 1.18 bits per heavy atom. The van der Waals surface area contributed by atoms with Crippen molar-refractivity contribution < 1.29 is 0 Å². The maximum Gasteiger partial charge on any atom is 0.146 e. The maximum absolute atomic E-state index is 8.84. The van der Waals surface area contributed by atoms with Crippen LogP contribution in [-0.2, 0) is 0 Å². The highest BCUT2D eigenvalue weighted by Gasteiger charge is 2.03. The molecule has 0 saturated heterocycles. The molecule has 4 nitrogen and oxygen atoms in total. The summed E-state index contributed by atoms with van der Waals surface area (Å²) in [6, 6.07) is 11.6. The normalized spacial score (nSPS) is 9.71. The summed E-state index contributed by atoms with van der Waals surface area (Å²) in [5.74, 6) is 1.23. The van der Waals surface area contributed by atoms with E-state index in [-0.39, 0.29) is 0 Å². The first-order chi connectivity index (χ1) is 8.19. The summed E-state index contributed by atoms with van der Waals surface area (Å²) >= 11 is 0. The summed E-state index contributed by atoms with van der Waals surface area (Å²) in [7, 11) is 0. The van der Waals surface area contributed by atoms with E-state index in [2.05, 4.69) is 15.3 Å². The Labute approximate surface area is 100.0 Å². The van der Waals surface area contributed by atoms with Crippen molar-refractivity contribution in [2.75, 3.05) is 5.32 Å². The predicted molar refractivity (Wildman–Crippen MR) is 65.9 cm³/mol. The minimum atomic E-state index is 0.369. The highest BCUT2D eigenvalue weighted by atomic mass is 15.0.